The van der Waals surface area contributed by atoms with Gasteiger partial charge >= 0.3 is 0 Å². The lowest BCUT2D eigenvalue weighted by Crippen LogP contribution is -2.09. The van der Waals surface area contributed by atoms with Crippen LogP contribution in [0.25, 0.3) is 6.08 Å². The van der Waals surface area contributed by atoms with Crippen molar-refractivity contribution >= 4 is 39.2 Å². The Labute approximate surface area is 105 Å². The van der Waals surface area contributed by atoms with Crippen LogP contribution in [0, 0.1) is 0 Å². The number of benzene rings is 1. The SMILES string of the molecule is CS(=O)(=O)Nc1ccc(C=CC(=O)CCl)cc1. The molecule has 0 saturated carbocycles. The van der Waals surface area contributed by atoms with Gasteiger partial charge in [0.1, 0.15) is 0 Å². The summed E-state index contributed by atoms with van der Waals surface area (Å²) >= 11 is 5.34. The number of carbonyl (C=O) groups excluding carboxylic acids is 1. The molecule has 0 aromatic heterocycles. The molecule has 0 heterocycles. The number of rotatable bonds is 5. The molecule has 0 aliphatic heterocycles. The highest BCUT2D eigenvalue weighted by Gasteiger charge is 2.00. The second-order valence-electron chi connectivity index (χ2n) is 3.43. The number of hydrogen-bond acceptors (Lipinski definition) is 3. The first-order chi connectivity index (χ1) is 7.90. The van der Waals surface area contributed by atoms with E-state index in [0.717, 1.165) is 11.8 Å². The molecule has 92 valence electrons. The zero-order chi connectivity index (χ0) is 12.9. The quantitative estimate of drug-likeness (QED) is 0.658. The van der Waals surface area contributed by atoms with E-state index >= 15 is 0 Å². The summed E-state index contributed by atoms with van der Waals surface area (Å²) in [5, 5.41) is 0. The van der Waals surface area contributed by atoms with Crippen molar-refractivity contribution in [3.8, 4) is 0 Å². The van der Waals surface area contributed by atoms with Crippen LogP contribution < -0.4 is 4.72 Å². The Hall–Kier alpha value is -1.33. The molecule has 0 saturated heterocycles. The number of halogens is 1. The first kappa shape index (κ1) is 13.7. The van der Waals surface area contributed by atoms with Crippen LogP contribution in [-0.2, 0) is 14.8 Å². The highest BCUT2D eigenvalue weighted by atomic mass is 35.5. The second kappa shape index (κ2) is 5.84. The summed E-state index contributed by atoms with van der Waals surface area (Å²) in [4.78, 5) is 10.9. The zero-order valence-electron chi connectivity index (χ0n) is 9.18. The van der Waals surface area contributed by atoms with Crippen molar-refractivity contribution in [1.29, 1.82) is 0 Å². The van der Waals surface area contributed by atoms with Crippen LogP contribution in [0.4, 0.5) is 5.69 Å². The first-order valence-electron chi connectivity index (χ1n) is 4.75. The van der Waals surface area contributed by atoms with Crippen molar-refractivity contribution in [3.63, 3.8) is 0 Å². The topological polar surface area (TPSA) is 63.2 Å². The molecule has 0 radical (unpaired) electrons. The predicted octanol–water partition coefficient (Wildman–Crippen LogP) is 1.88. The lowest BCUT2D eigenvalue weighted by Gasteiger charge is -2.03. The van der Waals surface area contributed by atoms with E-state index in [9.17, 15) is 13.2 Å². The maximum absolute atomic E-state index is 11.0. The Balaban J connectivity index is 2.75. The minimum Gasteiger partial charge on any atom is -0.294 e. The lowest BCUT2D eigenvalue weighted by molar-refractivity contribution is -0.112. The van der Waals surface area contributed by atoms with E-state index in [0.29, 0.717) is 5.69 Å². The molecule has 0 fully saturated rings. The predicted molar refractivity (Wildman–Crippen MR) is 69.7 cm³/mol. The summed E-state index contributed by atoms with van der Waals surface area (Å²) in [5.41, 5.74) is 1.27. The van der Waals surface area contributed by atoms with E-state index < -0.39 is 10.0 Å². The maximum Gasteiger partial charge on any atom is 0.229 e. The minimum absolute atomic E-state index is 0.0514. The molecule has 0 amide bonds. The number of ketones is 1. The Morgan fingerprint density at radius 2 is 1.94 bits per heavy atom. The van der Waals surface area contributed by atoms with Crippen LogP contribution in [0.2, 0.25) is 0 Å². The van der Waals surface area contributed by atoms with Gasteiger partial charge in [0.2, 0.25) is 10.0 Å². The number of anilines is 1. The zero-order valence-corrected chi connectivity index (χ0v) is 10.8. The molecule has 1 N–H and O–H groups in total. The van der Waals surface area contributed by atoms with Crippen LogP contribution in [0.5, 0.6) is 0 Å². The molecule has 17 heavy (non-hydrogen) atoms. The van der Waals surface area contributed by atoms with Crippen LogP contribution in [-0.4, -0.2) is 26.3 Å². The van der Waals surface area contributed by atoms with E-state index in [1.54, 1.807) is 30.3 Å². The van der Waals surface area contributed by atoms with E-state index in [-0.39, 0.29) is 11.7 Å². The largest absolute Gasteiger partial charge is 0.294 e. The molecule has 0 aliphatic carbocycles. The number of alkyl halides is 1. The number of carbonyl (C=O) groups is 1. The molecule has 1 aromatic rings. The van der Waals surface area contributed by atoms with Crippen molar-refractivity contribution in [1.82, 2.24) is 0 Å². The molecule has 4 nitrogen and oxygen atoms in total. The first-order valence-corrected chi connectivity index (χ1v) is 7.18. The molecule has 0 unspecified atom stereocenters. The normalized spacial score (nSPS) is 11.6. The van der Waals surface area contributed by atoms with Crippen molar-refractivity contribution in [2.75, 3.05) is 16.9 Å². The van der Waals surface area contributed by atoms with Gasteiger partial charge in [-0.3, -0.25) is 9.52 Å². The summed E-state index contributed by atoms with van der Waals surface area (Å²) in [6.45, 7) is 0. The fraction of sp³-hybridized carbons (Fsp3) is 0.182. The summed E-state index contributed by atoms with van der Waals surface area (Å²) in [6, 6.07) is 6.63. The van der Waals surface area contributed by atoms with Crippen LogP contribution in [0.3, 0.4) is 0 Å². The van der Waals surface area contributed by atoms with Crippen molar-refractivity contribution in [2.24, 2.45) is 0 Å². The summed E-state index contributed by atoms with van der Waals surface area (Å²) in [6.07, 6.45) is 4.08. The van der Waals surface area contributed by atoms with Gasteiger partial charge in [0.25, 0.3) is 0 Å². The van der Waals surface area contributed by atoms with Crippen LogP contribution >= 0.6 is 11.6 Å². The molecule has 0 spiro atoms. The van der Waals surface area contributed by atoms with Gasteiger partial charge in [0, 0.05) is 5.69 Å². The Morgan fingerprint density at radius 1 is 1.35 bits per heavy atom. The molecule has 0 bridgehead atoms. The van der Waals surface area contributed by atoms with Gasteiger partial charge in [-0.25, -0.2) is 8.42 Å². The third-order valence-electron chi connectivity index (χ3n) is 1.81. The van der Waals surface area contributed by atoms with E-state index in [1.165, 1.54) is 6.08 Å². The van der Waals surface area contributed by atoms with Crippen molar-refractivity contribution < 1.29 is 13.2 Å². The van der Waals surface area contributed by atoms with Gasteiger partial charge < -0.3 is 0 Å². The van der Waals surface area contributed by atoms with E-state index in [1.807, 2.05) is 0 Å². The Bertz CT molecular complexity index is 520. The minimum atomic E-state index is -3.26. The Kier molecular flexibility index (Phi) is 4.72. The number of hydrogen-bond donors (Lipinski definition) is 1. The maximum atomic E-state index is 11.0. The number of allylic oxidation sites excluding steroid dienone is 1. The van der Waals surface area contributed by atoms with E-state index in [2.05, 4.69) is 4.72 Å². The molecule has 1 aromatic carbocycles. The number of sulfonamides is 1. The molecular weight excluding hydrogens is 262 g/mol. The summed E-state index contributed by atoms with van der Waals surface area (Å²) < 4.78 is 24.3. The highest BCUT2D eigenvalue weighted by Crippen LogP contribution is 2.11. The average molecular weight is 274 g/mol. The van der Waals surface area contributed by atoms with Crippen LogP contribution in [0.1, 0.15) is 5.56 Å². The summed E-state index contributed by atoms with van der Waals surface area (Å²) in [5.74, 6) is -0.227. The van der Waals surface area contributed by atoms with E-state index in [4.69, 9.17) is 11.6 Å². The number of nitrogens with one attached hydrogen (secondary N) is 1. The van der Waals surface area contributed by atoms with Gasteiger partial charge in [-0.1, -0.05) is 18.2 Å². The third kappa shape index (κ3) is 5.51. The standard InChI is InChI=1S/C11H12ClNO3S/c1-17(15,16)13-10-5-2-9(3-6-10)4-7-11(14)8-12/h2-7,13H,8H2,1H3. The van der Waals surface area contributed by atoms with Gasteiger partial charge in [0.05, 0.1) is 12.1 Å². The molecular formula is C11H12ClNO3S. The molecule has 6 heteroatoms. The smallest absolute Gasteiger partial charge is 0.229 e. The fourth-order valence-corrected chi connectivity index (χ4v) is 1.76. The van der Waals surface area contributed by atoms with Crippen LogP contribution in [0.15, 0.2) is 30.3 Å². The van der Waals surface area contributed by atoms with Gasteiger partial charge in [-0.05, 0) is 23.8 Å². The fourth-order valence-electron chi connectivity index (χ4n) is 1.11. The second-order valence-corrected chi connectivity index (χ2v) is 5.45. The van der Waals surface area contributed by atoms with Crippen molar-refractivity contribution in [3.05, 3.63) is 35.9 Å². The lowest BCUT2D eigenvalue weighted by atomic mass is 10.2. The molecule has 0 atom stereocenters. The third-order valence-corrected chi connectivity index (χ3v) is 2.68. The molecule has 1 rings (SSSR count). The van der Waals surface area contributed by atoms with Gasteiger partial charge in [-0.2, -0.15) is 0 Å². The monoisotopic (exact) mass is 273 g/mol. The Morgan fingerprint density at radius 3 is 2.41 bits per heavy atom. The summed E-state index contributed by atoms with van der Waals surface area (Å²) in [7, 11) is -3.26. The molecule has 0 aliphatic rings. The van der Waals surface area contributed by atoms with Gasteiger partial charge in [0.15, 0.2) is 5.78 Å². The average Bonchev–Trinajstić information content (AvgIpc) is 2.25. The highest BCUT2D eigenvalue weighted by molar-refractivity contribution is 7.92. The van der Waals surface area contributed by atoms with Gasteiger partial charge in [-0.15, -0.1) is 11.6 Å². The van der Waals surface area contributed by atoms with Crippen molar-refractivity contribution in [2.45, 2.75) is 0 Å².